The van der Waals surface area contributed by atoms with Crippen molar-refractivity contribution in [2.75, 3.05) is 40.5 Å². The monoisotopic (exact) mass is 245 g/mol. The highest BCUT2D eigenvalue weighted by molar-refractivity contribution is 5.77. The molecule has 100 valence electrons. The first-order valence-electron chi connectivity index (χ1n) is 6.10. The van der Waals surface area contributed by atoms with Crippen LogP contribution in [0.25, 0.3) is 0 Å². The summed E-state index contributed by atoms with van der Waals surface area (Å²) in [5, 5.41) is 8.95. The third-order valence-corrected chi connectivity index (χ3v) is 3.46. The topological polar surface area (TPSA) is 59.0 Å². The van der Waals surface area contributed by atoms with Crippen LogP contribution in [0.4, 0.5) is 0 Å². The Kier molecular flexibility index (Phi) is 5.88. The molecule has 0 saturated heterocycles. The van der Waals surface area contributed by atoms with Crippen molar-refractivity contribution in [2.24, 2.45) is 0 Å². The minimum absolute atomic E-state index is 0.0184. The summed E-state index contributed by atoms with van der Waals surface area (Å²) in [6.07, 6.45) is 3.44. The van der Waals surface area contributed by atoms with E-state index < -0.39 is 0 Å². The molecule has 0 aromatic carbocycles. The van der Waals surface area contributed by atoms with Crippen LogP contribution < -0.4 is 0 Å². The van der Waals surface area contributed by atoms with Crippen LogP contribution in [0.3, 0.4) is 0 Å². The molecule has 1 aliphatic rings. The number of nitrogens with zero attached hydrogens (tertiary/aromatic N) is 1. The lowest BCUT2D eigenvalue weighted by molar-refractivity contribution is -0.145. The van der Waals surface area contributed by atoms with Gasteiger partial charge in [0.1, 0.15) is 0 Å². The second-order valence-corrected chi connectivity index (χ2v) is 4.51. The van der Waals surface area contributed by atoms with Gasteiger partial charge < -0.3 is 19.5 Å². The summed E-state index contributed by atoms with van der Waals surface area (Å²) < 4.78 is 10.4. The third kappa shape index (κ3) is 3.94. The van der Waals surface area contributed by atoms with E-state index in [0.717, 1.165) is 19.3 Å². The van der Waals surface area contributed by atoms with E-state index in [2.05, 4.69) is 0 Å². The lowest BCUT2D eigenvalue weighted by atomic mass is 9.77. The van der Waals surface area contributed by atoms with Crippen LogP contribution >= 0.6 is 0 Å². The maximum atomic E-state index is 12.1. The Hall–Kier alpha value is -0.650. The van der Waals surface area contributed by atoms with Gasteiger partial charge in [-0.15, -0.1) is 0 Å². The number of methoxy groups -OCH3 is 2. The van der Waals surface area contributed by atoms with Crippen LogP contribution in [0.2, 0.25) is 0 Å². The Morgan fingerprint density at radius 3 is 2.47 bits per heavy atom. The van der Waals surface area contributed by atoms with E-state index in [-0.39, 0.29) is 18.1 Å². The van der Waals surface area contributed by atoms with Crippen molar-refractivity contribution in [2.45, 2.75) is 31.3 Å². The highest BCUT2D eigenvalue weighted by atomic mass is 16.5. The molecule has 1 amide bonds. The van der Waals surface area contributed by atoms with Crippen LogP contribution in [-0.2, 0) is 14.3 Å². The first-order chi connectivity index (χ1) is 8.17. The first-order valence-corrected chi connectivity index (χ1v) is 6.10. The van der Waals surface area contributed by atoms with Crippen molar-refractivity contribution in [3.63, 3.8) is 0 Å². The number of aliphatic hydroxyl groups excluding tert-OH is 1. The van der Waals surface area contributed by atoms with Crippen LogP contribution in [0.5, 0.6) is 0 Å². The van der Waals surface area contributed by atoms with Crippen molar-refractivity contribution in [1.29, 1.82) is 0 Å². The molecule has 0 heterocycles. The highest BCUT2D eigenvalue weighted by Gasteiger charge is 2.39. The summed E-state index contributed by atoms with van der Waals surface area (Å²) in [5.41, 5.74) is -0.252. The zero-order valence-corrected chi connectivity index (χ0v) is 10.8. The number of aliphatic hydroxyl groups is 1. The molecule has 1 saturated carbocycles. The van der Waals surface area contributed by atoms with Gasteiger partial charge in [-0.3, -0.25) is 4.79 Å². The Balaban J connectivity index is 2.45. The summed E-state index contributed by atoms with van der Waals surface area (Å²) >= 11 is 0. The molecular formula is C12H23NO4. The van der Waals surface area contributed by atoms with E-state index >= 15 is 0 Å². The molecule has 0 spiro atoms. The van der Waals surface area contributed by atoms with Crippen molar-refractivity contribution < 1.29 is 19.4 Å². The van der Waals surface area contributed by atoms with Gasteiger partial charge in [0.25, 0.3) is 0 Å². The number of rotatable bonds is 8. The Bertz CT molecular complexity index is 235. The first kappa shape index (κ1) is 14.4. The van der Waals surface area contributed by atoms with Crippen molar-refractivity contribution in [3.05, 3.63) is 0 Å². The van der Waals surface area contributed by atoms with Gasteiger partial charge in [0.05, 0.1) is 25.2 Å². The smallest absolute Gasteiger partial charge is 0.225 e. The van der Waals surface area contributed by atoms with E-state index in [1.54, 1.807) is 19.1 Å². The molecular weight excluding hydrogens is 222 g/mol. The van der Waals surface area contributed by atoms with Crippen molar-refractivity contribution in [3.8, 4) is 0 Å². The molecule has 0 unspecified atom stereocenters. The number of hydrogen-bond donors (Lipinski definition) is 1. The van der Waals surface area contributed by atoms with E-state index in [1.807, 2.05) is 0 Å². The summed E-state index contributed by atoms with van der Waals surface area (Å²) in [6.45, 7) is 1.36. The van der Waals surface area contributed by atoms with Crippen LogP contribution in [-0.4, -0.2) is 62.0 Å². The lowest BCUT2D eigenvalue weighted by Crippen LogP contribution is -2.46. The Labute approximate surface area is 103 Å². The number of carbonyl (C=O) groups excluding carboxylic acids is 1. The molecule has 5 heteroatoms. The van der Waals surface area contributed by atoms with Crippen LogP contribution in [0.1, 0.15) is 25.7 Å². The maximum absolute atomic E-state index is 12.1. The Morgan fingerprint density at radius 2 is 2.06 bits per heavy atom. The SMILES string of the molecule is COCCN(CCO)C(=O)CC1(OC)CCC1. The second-order valence-electron chi connectivity index (χ2n) is 4.51. The zero-order chi connectivity index (χ0) is 12.7. The fraction of sp³-hybridized carbons (Fsp3) is 0.917. The van der Waals surface area contributed by atoms with Gasteiger partial charge >= 0.3 is 0 Å². The van der Waals surface area contributed by atoms with Gasteiger partial charge in [-0.25, -0.2) is 0 Å². The highest BCUT2D eigenvalue weighted by Crippen LogP contribution is 2.38. The molecule has 1 rings (SSSR count). The normalized spacial score (nSPS) is 17.6. The average Bonchev–Trinajstić information content (AvgIpc) is 2.29. The third-order valence-electron chi connectivity index (χ3n) is 3.46. The summed E-state index contributed by atoms with van der Waals surface area (Å²) in [7, 11) is 3.27. The average molecular weight is 245 g/mol. The van der Waals surface area contributed by atoms with Crippen molar-refractivity contribution in [1.82, 2.24) is 4.90 Å². The van der Waals surface area contributed by atoms with Crippen LogP contribution in [0, 0.1) is 0 Å². The second kappa shape index (κ2) is 6.93. The number of hydrogen-bond acceptors (Lipinski definition) is 4. The quantitative estimate of drug-likeness (QED) is 0.673. The van der Waals surface area contributed by atoms with Gasteiger partial charge in [0, 0.05) is 27.3 Å². The fourth-order valence-electron chi connectivity index (χ4n) is 2.09. The molecule has 1 aliphatic carbocycles. The molecule has 0 bridgehead atoms. The number of amides is 1. The standard InChI is InChI=1S/C12H23NO4/c1-16-9-7-13(6-8-14)11(15)10-12(17-2)4-3-5-12/h14H,3-10H2,1-2H3. The minimum Gasteiger partial charge on any atom is -0.395 e. The molecule has 1 fully saturated rings. The largest absolute Gasteiger partial charge is 0.395 e. The van der Waals surface area contributed by atoms with E-state index in [1.165, 1.54) is 0 Å². The van der Waals surface area contributed by atoms with Gasteiger partial charge in [-0.1, -0.05) is 0 Å². The summed E-state index contributed by atoms with van der Waals surface area (Å²) in [5.74, 6) is 0.0395. The van der Waals surface area contributed by atoms with E-state index in [0.29, 0.717) is 26.1 Å². The van der Waals surface area contributed by atoms with E-state index in [4.69, 9.17) is 14.6 Å². The molecule has 0 atom stereocenters. The summed E-state index contributed by atoms with van der Waals surface area (Å²) in [6, 6.07) is 0. The van der Waals surface area contributed by atoms with Gasteiger partial charge in [-0.2, -0.15) is 0 Å². The van der Waals surface area contributed by atoms with Crippen LogP contribution in [0.15, 0.2) is 0 Å². The van der Waals surface area contributed by atoms with E-state index in [9.17, 15) is 4.79 Å². The lowest BCUT2D eigenvalue weighted by Gasteiger charge is -2.41. The molecule has 17 heavy (non-hydrogen) atoms. The molecule has 0 aliphatic heterocycles. The number of ether oxygens (including phenoxy) is 2. The summed E-state index contributed by atoms with van der Waals surface area (Å²) in [4.78, 5) is 13.7. The number of carbonyl (C=O) groups is 1. The zero-order valence-electron chi connectivity index (χ0n) is 10.8. The molecule has 0 radical (unpaired) electrons. The molecule has 0 aromatic heterocycles. The van der Waals surface area contributed by atoms with Gasteiger partial charge in [-0.05, 0) is 19.3 Å². The minimum atomic E-state index is -0.252. The predicted molar refractivity (Wildman–Crippen MR) is 63.7 cm³/mol. The predicted octanol–water partition coefficient (Wildman–Crippen LogP) is 0.413. The van der Waals surface area contributed by atoms with Crippen molar-refractivity contribution >= 4 is 5.91 Å². The Morgan fingerprint density at radius 1 is 1.35 bits per heavy atom. The van der Waals surface area contributed by atoms with Gasteiger partial charge in [0.15, 0.2) is 0 Å². The molecule has 5 nitrogen and oxygen atoms in total. The van der Waals surface area contributed by atoms with Gasteiger partial charge in [0.2, 0.25) is 5.91 Å². The molecule has 0 aromatic rings. The maximum Gasteiger partial charge on any atom is 0.225 e. The molecule has 1 N–H and O–H groups in total. The fourth-order valence-corrected chi connectivity index (χ4v) is 2.09.